The summed E-state index contributed by atoms with van der Waals surface area (Å²) in [6, 6.07) is 15.6. The molecule has 0 atom stereocenters. The highest BCUT2D eigenvalue weighted by molar-refractivity contribution is 7.16. The molecule has 0 fully saturated rings. The summed E-state index contributed by atoms with van der Waals surface area (Å²) >= 11 is 1.50. The second-order valence-corrected chi connectivity index (χ2v) is 6.55. The first-order chi connectivity index (χ1) is 12.2. The molecule has 2 aromatic carbocycles. The van der Waals surface area contributed by atoms with E-state index in [1.54, 1.807) is 13.2 Å². The first-order valence-electron chi connectivity index (χ1n) is 8.21. The highest BCUT2D eigenvalue weighted by Gasteiger charge is 2.11. The summed E-state index contributed by atoms with van der Waals surface area (Å²) in [5.41, 5.74) is 1.97. The van der Waals surface area contributed by atoms with Crippen LogP contribution in [0.4, 0.5) is 0 Å². The van der Waals surface area contributed by atoms with Crippen molar-refractivity contribution in [2.24, 2.45) is 4.99 Å². The Morgan fingerprint density at radius 2 is 2.00 bits per heavy atom. The number of fused-ring (bicyclic) bond motifs is 1. The predicted octanol–water partition coefficient (Wildman–Crippen LogP) is 4.26. The summed E-state index contributed by atoms with van der Waals surface area (Å²) in [5.74, 6) is 0.537. The number of thiazole rings is 1. The number of ether oxygens (including phenoxy) is 1. The summed E-state index contributed by atoms with van der Waals surface area (Å²) in [6.07, 6.45) is 4.24. The van der Waals surface area contributed by atoms with Crippen LogP contribution in [0.5, 0.6) is 5.75 Å². The number of aromatic nitrogens is 1. The maximum Gasteiger partial charge on any atom is 0.272 e. The Morgan fingerprint density at radius 1 is 1.20 bits per heavy atom. The molecule has 0 saturated heterocycles. The summed E-state index contributed by atoms with van der Waals surface area (Å²) in [6.45, 7) is 2.89. The third-order valence-corrected chi connectivity index (χ3v) is 4.80. The molecule has 0 radical (unpaired) electrons. The van der Waals surface area contributed by atoms with E-state index in [0.717, 1.165) is 34.5 Å². The van der Waals surface area contributed by atoms with Gasteiger partial charge in [0.1, 0.15) is 11.3 Å². The zero-order chi connectivity index (χ0) is 17.6. The van der Waals surface area contributed by atoms with Gasteiger partial charge in [0.2, 0.25) is 0 Å². The number of hydrogen-bond donors (Lipinski definition) is 0. The molecular weight excluding hydrogens is 332 g/mol. The molecule has 5 heteroatoms. The minimum Gasteiger partial charge on any atom is -0.495 e. The number of nitrogens with zero attached hydrogens (tertiary/aromatic N) is 2. The first-order valence-corrected chi connectivity index (χ1v) is 9.02. The molecule has 0 unspecified atom stereocenters. The molecule has 0 saturated carbocycles. The third-order valence-electron chi connectivity index (χ3n) is 3.75. The lowest BCUT2D eigenvalue weighted by atomic mass is 10.2. The van der Waals surface area contributed by atoms with Gasteiger partial charge in [-0.2, -0.15) is 4.99 Å². The van der Waals surface area contributed by atoms with Gasteiger partial charge in [-0.05, 0) is 30.2 Å². The van der Waals surface area contributed by atoms with E-state index in [2.05, 4.69) is 16.5 Å². The lowest BCUT2D eigenvalue weighted by molar-refractivity contribution is -0.113. The molecule has 3 aromatic rings. The van der Waals surface area contributed by atoms with Crippen molar-refractivity contribution in [3.63, 3.8) is 0 Å². The smallest absolute Gasteiger partial charge is 0.272 e. The fourth-order valence-corrected chi connectivity index (χ4v) is 3.72. The molecule has 3 rings (SSSR count). The molecule has 0 aliphatic heterocycles. The van der Waals surface area contributed by atoms with Gasteiger partial charge in [0.05, 0.1) is 11.8 Å². The van der Waals surface area contributed by atoms with E-state index in [0.29, 0.717) is 4.80 Å². The first kappa shape index (κ1) is 17.2. The van der Waals surface area contributed by atoms with E-state index in [-0.39, 0.29) is 5.91 Å². The van der Waals surface area contributed by atoms with Crippen molar-refractivity contribution in [3.8, 4) is 5.75 Å². The Labute approximate surface area is 150 Å². The van der Waals surface area contributed by atoms with E-state index < -0.39 is 0 Å². The zero-order valence-electron chi connectivity index (χ0n) is 14.3. The van der Waals surface area contributed by atoms with Gasteiger partial charge in [0.15, 0.2) is 4.80 Å². The Balaban J connectivity index is 2.02. The standard InChI is InChI=1S/C20H20N2O2S/c1-3-14-22-19-16(24-2)10-7-11-17(19)25-20(22)21-18(23)13-12-15-8-5-4-6-9-15/h4-13H,3,14H2,1-2H3/b13-12+,21-20?. The van der Waals surface area contributed by atoms with Crippen LogP contribution in [0.3, 0.4) is 0 Å². The fourth-order valence-electron chi connectivity index (χ4n) is 2.64. The molecule has 0 N–H and O–H groups in total. The normalized spacial score (nSPS) is 12.2. The minimum atomic E-state index is -0.265. The van der Waals surface area contributed by atoms with Crippen molar-refractivity contribution in [3.05, 3.63) is 65.0 Å². The number of hydrogen-bond acceptors (Lipinski definition) is 3. The summed E-state index contributed by atoms with van der Waals surface area (Å²) < 4.78 is 8.61. The zero-order valence-corrected chi connectivity index (χ0v) is 15.1. The third kappa shape index (κ3) is 3.88. The number of aryl methyl sites for hydroxylation is 1. The van der Waals surface area contributed by atoms with Crippen molar-refractivity contribution in [1.82, 2.24) is 4.57 Å². The molecule has 4 nitrogen and oxygen atoms in total. The Bertz CT molecular complexity index is 968. The van der Waals surface area contributed by atoms with Crippen LogP contribution in [-0.2, 0) is 11.3 Å². The highest BCUT2D eigenvalue weighted by Crippen LogP contribution is 2.27. The predicted molar refractivity (Wildman–Crippen MR) is 103 cm³/mol. The molecule has 1 heterocycles. The van der Waals surface area contributed by atoms with E-state index in [9.17, 15) is 4.79 Å². The average molecular weight is 352 g/mol. The van der Waals surface area contributed by atoms with Gasteiger partial charge in [-0.1, -0.05) is 54.7 Å². The van der Waals surface area contributed by atoms with E-state index in [1.165, 1.54) is 17.4 Å². The summed E-state index contributed by atoms with van der Waals surface area (Å²) in [5, 5.41) is 0. The van der Waals surface area contributed by atoms with Crippen LogP contribution in [-0.4, -0.2) is 17.6 Å². The minimum absolute atomic E-state index is 0.265. The number of amides is 1. The van der Waals surface area contributed by atoms with Crippen molar-refractivity contribution in [1.29, 1.82) is 0 Å². The number of para-hydroxylation sites is 1. The summed E-state index contributed by atoms with van der Waals surface area (Å²) in [4.78, 5) is 17.3. The quantitative estimate of drug-likeness (QED) is 0.644. The fraction of sp³-hybridized carbons (Fsp3) is 0.200. The van der Waals surface area contributed by atoms with Gasteiger partial charge < -0.3 is 9.30 Å². The second-order valence-electron chi connectivity index (χ2n) is 5.54. The second kappa shape index (κ2) is 7.94. The Kier molecular flexibility index (Phi) is 5.46. The largest absolute Gasteiger partial charge is 0.495 e. The van der Waals surface area contributed by atoms with Crippen LogP contribution in [0.1, 0.15) is 18.9 Å². The number of rotatable bonds is 5. The highest BCUT2D eigenvalue weighted by atomic mass is 32.1. The monoisotopic (exact) mass is 352 g/mol. The van der Waals surface area contributed by atoms with Crippen LogP contribution >= 0.6 is 11.3 Å². The van der Waals surface area contributed by atoms with Gasteiger partial charge in [-0.15, -0.1) is 0 Å². The lowest BCUT2D eigenvalue weighted by Gasteiger charge is -2.06. The van der Waals surface area contributed by atoms with Crippen molar-refractivity contribution in [2.45, 2.75) is 19.9 Å². The maximum atomic E-state index is 12.3. The van der Waals surface area contributed by atoms with E-state index >= 15 is 0 Å². The molecule has 1 amide bonds. The van der Waals surface area contributed by atoms with Crippen LogP contribution < -0.4 is 9.54 Å². The van der Waals surface area contributed by atoms with Gasteiger partial charge in [-0.25, -0.2) is 0 Å². The molecule has 0 bridgehead atoms. The number of benzene rings is 2. The van der Waals surface area contributed by atoms with Crippen LogP contribution in [0.15, 0.2) is 59.6 Å². The average Bonchev–Trinajstić information content (AvgIpc) is 2.98. The van der Waals surface area contributed by atoms with Crippen LogP contribution in [0.2, 0.25) is 0 Å². The maximum absolute atomic E-state index is 12.3. The Morgan fingerprint density at radius 3 is 2.72 bits per heavy atom. The lowest BCUT2D eigenvalue weighted by Crippen LogP contribution is -2.16. The molecular formula is C20H20N2O2S. The van der Waals surface area contributed by atoms with E-state index in [1.807, 2.05) is 48.5 Å². The number of carbonyl (C=O) groups is 1. The van der Waals surface area contributed by atoms with Crippen molar-refractivity contribution >= 4 is 33.5 Å². The molecule has 25 heavy (non-hydrogen) atoms. The van der Waals surface area contributed by atoms with Crippen LogP contribution in [0, 0.1) is 0 Å². The van der Waals surface area contributed by atoms with Gasteiger partial charge in [-0.3, -0.25) is 4.79 Å². The summed E-state index contributed by atoms with van der Waals surface area (Å²) in [7, 11) is 1.66. The van der Waals surface area contributed by atoms with Crippen LogP contribution in [0.25, 0.3) is 16.3 Å². The molecule has 0 aliphatic carbocycles. The molecule has 128 valence electrons. The number of carbonyl (C=O) groups excluding carboxylic acids is 1. The van der Waals surface area contributed by atoms with Crippen molar-refractivity contribution < 1.29 is 9.53 Å². The van der Waals surface area contributed by atoms with E-state index in [4.69, 9.17) is 4.74 Å². The SMILES string of the molecule is CCCn1c(=NC(=O)/C=C/c2ccccc2)sc2cccc(OC)c21. The molecule has 0 aliphatic rings. The van der Waals surface area contributed by atoms with Crippen molar-refractivity contribution in [2.75, 3.05) is 7.11 Å². The Hall–Kier alpha value is -2.66. The van der Waals surface area contributed by atoms with Gasteiger partial charge >= 0.3 is 0 Å². The van der Waals surface area contributed by atoms with Gasteiger partial charge in [0.25, 0.3) is 5.91 Å². The number of methoxy groups -OCH3 is 1. The molecule has 0 spiro atoms. The topological polar surface area (TPSA) is 43.6 Å². The van der Waals surface area contributed by atoms with Gasteiger partial charge in [0, 0.05) is 12.6 Å². The molecule has 1 aromatic heterocycles.